The van der Waals surface area contributed by atoms with Crippen LogP contribution in [0.1, 0.15) is 28.8 Å². The molecular formula is C13H15NO5S2. The molecule has 6 nitrogen and oxygen atoms in total. The van der Waals surface area contributed by atoms with E-state index in [4.69, 9.17) is 9.52 Å². The number of aryl methyl sites for hydroxylation is 1. The number of carboxylic acids is 1. The molecule has 2 aromatic rings. The molecule has 0 amide bonds. The maximum atomic E-state index is 12.2. The average molecular weight is 329 g/mol. The summed E-state index contributed by atoms with van der Waals surface area (Å²) in [7, 11) is -3.83. The largest absolute Gasteiger partial charge is 0.477 e. The predicted octanol–water partition coefficient (Wildman–Crippen LogP) is 2.34. The predicted molar refractivity (Wildman–Crippen MR) is 78.1 cm³/mol. The van der Waals surface area contributed by atoms with Crippen LogP contribution < -0.4 is 4.72 Å². The first-order valence-corrected chi connectivity index (χ1v) is 8.62. The van der Waals surface area contributed by atoms with E-state index in [-0.39, 0.29) is 15.8 Å². The molecule has 2 heterocycles. The van der Waals surface area contributed by atoms with Crippen molar-refractivity contribution in [2.75, 3.05) is 0 Å². The number of furan rings is 1. The molecule has 2 rings (SSSR count). The smallest absolute Gasteiger partial charge is 0.347 e. The SMILES string of the molecule is CC(CCc1ccco1)NS(=O)(=O)c1ccsc1C(=O)O. The van der Waals surface area contributed by atoms with Gasteiger partial charge in [0, 0.05) is 12.5 Å². The Morgan fingerprint density at radius 3 is 2.86 bits per heavy atom. The molecule has 2 aromatic heterocycles. The number of nitrogens with one attached hydrogen (secondary N) is 1. The molecular weight excluding hydrogens is 314 g/mol. The van der Waals surface area contributed by atoms with Crippen molar-refractivity contribution in [1.82, 2.24) is 4.72 Å². The molecule has 0 bridgehead atoms. The Morgan fingerprint density at radius 1 is 1.48 bits per heavy atom. The van der Waals surface area contributed by atoms with Crippen LogP contribution in [0.3, 0.4) is 0 Å². The third-order valence-corrected chi connectivity index (χ3v) is 5.54. The van der Waals surface area contributed by atoms with Gasteiger partial charge < -0.3 is 9.52 Å². The van der Waals surface area contributed by atoms with Crippen molar-refractivity contribution in [3.8, 4) is 0 Å². The number of hydrogen-bond donors (Lipinski definition) is 2. The standard InChI is InChI=1S/C13H15NO5S2/c1-9(4-5-10-3-2-7-19-10)14-21(17,18)11-6-8-20-12(11)13(15)16/h2-3,6-9,14H,4-5H2,1H3,(H,15,16). The average Bonchev–Trinajstić information content (AvgIpc) is 3.07. The lowest BCUT2D eigenvalue weighted by Gasteiger charge is -2.13. The summed E-state index contributed by atoms with van der Waals surface area (Å²) in [5.41, 5.74) is 0. The van der Waals surface area contributed by atoms with Crippen LogP contribution in [0.4, 0.5) is 0 Å². The first-order chi connectivity index (χ1) is 9.90. The molecule has 0 aliphatic carbocycles. The number of thiophene rings is 1. The van der Waals surface area contributed by atoms with Crippen LogP contribution in [0, 0.1) is 0 Å². The van der Waals surface area contributed by atoms with Gasteiger partial charge in [-0.1, -0.05) is 0 Å². The number of hydrogen-bond acceptors (Lipinski definition) is 5. The molecule has 0 saturated carbocycles. The molecule has 0 saturated heterocycles. The van der Waals surface area contributed by atoms with Crippen LogP contribution in [0.5, 0.6) is 0 Å². The minimum Gasteiger partial charge on any atom is -0.477 e. The van der Waals surface area contributed by atoms with Crippen LogP contribution in [-0.2, 0) is 16.4 Å². The van der Waals surface area contributed by atoms with Crippen molar-refractivity contribution in [2.45, 2.75) is 30.7 Å². The Labute approximate surface area is 126 Å². The monoisotopic (exact) mass is 329 g/mol. The zero-order valence-corrected chi connectivity index (χ0v) is 12.9. The lowest BCUT2D eigenvalue weighted by Crippen LogP contribution is -2.33. The van der Waals surface area contributed by atoms with Crippen molar-refractivity contribution in [3.05, 3.63) is 40.5 Å². The molecule has 114 valence electrons. The van der Waals surface area contributed by atoms with Gasteiger partial charge in [-0.25, -0.2) is 17.9 Å². The maximum Gasteiger partial charge on any atom is 0.347 e. The summed E-state index contributed by atoms with van der Waals surface area (Å²) in [5, 5.41) is 10.4. The summed E-state index contributed by atoms with van der Waals surface area (Å²) in [6.45, 7) is 1.73. The van der Waals surface area contributed by atoms with Gasteiger partial charge in [0.25, 0.3) is 0 Å². The van der Waals surface area contributed by atoms with Gasteiger partial charge in [0.2, 0.25) is 10.0 Å². The molecule has 0 aliphatic heterocycles. The van der Waals surface area contributed by atoms with Gasteiger partial charge in [0.05, 0.1) is 6.26 Å². The fourth-order valence-corrected chi connectivity index (χ4v) is 4.40. The van der Waals surface area contributed by atoms with Crippen LogP contribution in [-0.4, -0.2) is 25.5 Å². The Morgan fingerprint density at radius 2 is 2.24 bits per heavy atom. The quantitative estimate of drug-likeness (QED) is 0.812. The molecule has 0 aromatic carbocycles. The summed E-state index contributed by atoms with van der Waals surface area (Å²) >= 11 is 0.889. The highest BCUT2D eigenvalue weighted by Crippen LogP contribution is 2.22. The number of aromatic carboxylic acids is 1. The van der Waals surface area contributed by atoms with E-state index in [1.54, 1.807) is 19.3 Å². The van der Waals surface area contributed by atoms with E-state index >= 15 is 0 Å². The van der Waals surface area contributed by atoms with Gasteiger partial charge >= 0.3 is 5.97 Å². The molecule has 0 aliphatic rings. The van der Waals surface area contributed by atoms with Crippen molar-refractivity contribution in [3.63, 3.8) is 0 Å². The highest BCUT2D eigenvalue weighted by atomic mass is 32.2. The fourth-order valence-electron chi connectivity index (χ4n) is 1.87. The van der Waals surface area contributed by atoms with Crippen LogP contribution in [0.15, 0.2) is 39.2 Å². The Bertz CT molecular complexity index is 703. The zero-order valence-electron chi connectivity index (χ0n) is 11.3. The molecule has 0 radical (unpaired) electrons. The van der Waals surface area contributed by atoms with E-state index in [1.165, 1.54) is 11.4 Å². The maximum absolute atomic E-state index is 12.2. The summed E-state index contributed by atoms with van der Waals surface area (Å²) in [5.74, 6) is -0.462. The van der Waals surface area contributed by atoms with Gasteiger partial charge in [-0.15, -0.1) is 11.3 Å². The summed E-state index contributed by atoms with van der Waals surface area (Å²) in [6.07, 6.45) is 2.72. The molecule has 0 spiro atoms. The van der Waals surface area contributed by atoms with Crippen molar-refractivity contribution >= 4 is 27.3 Å². The second-order valence-electron chi connectivity index (χ2n) is 4.56. The van der Waals surface area contributed by atoms with Crippen LogP contribution in [0.25, 0.3) is 0 Å². The number of sulfonamides is 1. The molecule has 1 unspecified atom stereocenters. The molecule has 21 heavy (non-hydrogen) atoms. The van der Waals surface area contributed by atoms with Gasteiger partial charge in [-0.05, 0) is 36.9 Å². The topological polar surface area (TPSA) is 96.6 Å². The Hall–Kier alpha value is -1.64. The third kappa shape index (κ3) is 3.93. The Kier molecular flexibility index (Phi) is 4.81. The highest BCUT2D eigenvalue weighted by molar-refractivity contribution is 7.89. The Balaban J connectivity index is 2.03. The first kappa shape index (κ1) is 15.7. The van der Waals surface area contributed by atoms with Crippen LogP contribution in [0.2, 0.25) is 0 Å². The lowest BCUT2D eigenvalue weighted by molar-refractivity contribution is 0.0698. The molecule has 2 N–H and O–H groups in total. The third-order valence-electron chi connectivity index (χ3n) is 2.87. The highest BCUT2D eigenvalue weighted by Gasteiger charge is 2.25. The van der Waals surface area contributed by atoms with Gasteiger partial charge in [0.15, 0.2) is 0 Å². The second-order valence-corrected chi connectivity index (χ2v) is 7.16. The van der Waals surface area contributed by atoms with E-state index in [0.717, 1.165) is 17.1 Å². The second kappa shape index (κ2) is 6.42. The van der Waals surface area contributed by atoms with E-state index in [0.29, 0.717) is 12.8 Å². The number of carboxylic acid groups (broad SMARTS) is 1. The van der Waals surface area contributed by atoms with E-state index in [2.05, 4.69) is 4.72 Å². The van der Waals surface area contributed by atoms with Gasteiger partial charge in [0.1, 0.15) is 15.5 Å². The molecule has 1 atom stereocenters. The minimum atomic E-state index is -3.83. The molecule has 8 heteroatoms. The van der Waals surface area contributed by atoms with Crippen molar-refractivity contribution < 1.29 is 22.7 Å². The first-order valence-electron chi connectivity index (χ1n) is 6.25. The number of rotatable bonds is 7. The van der Waals surface area contributed by atoms with Crippen LogP contribution >= 0.6 is 11.3 Å². The van der Waals surface area contributed by atoms with E-state index in [1.807, 2.05) is 6.07 Å². The van der Waals surface area contributed by atoms with Gasteiger partial charge in [-0.3, -0.25) is 0 Å². The van der Waals surface area contributed by atoms with E-state index < -0.39 is 16.0 Å². The summed E-state index contributed by atoms with van der Waals surface area (Å²) < 4.78 is 32.1. The number of carbonyl (C=O) groups is 1. The molecule has 0 fully saturated rings. The lowest BCUT2D eigenvalue weighted by atomic mass is 10.2. The van der Waals surface area contributed by atoms with Crippen molar-refractivity contribution in [1.29, 1.82) is 0 Å². The van der Waals surface area contributed by atoms with E-state index in [9.17, 15) is 13.2 Å². The summed E-state index contributed by atoms with van der Waals surface area (Å²) in [6, 6.07) is 4.56. The normalized spacial score (nSPS) is 13.2. The van der Waals surface area contributed by atoms with Crippen molar-refractivity contribution in [2.24, 2.45) is 0 Å². The zero-order chi connectivity index (χ0) is 15.5. The minimum absolute atomic E-state index is 0.180. The fraction of sp³-hybridized carbons (Fsp3) is 0.308. The van der Waals surface area contributed by atoms with Gasteiger partial charge in [-0.2, -0.15) is 0 Å². The summed E-state index contributed by atoms with van der Waals surface area (Å²) in [4.78, 5) is 10.6.